The zero-order valence-corrected chi connectivity index (χ0v) is 12.1. The normalized spacial score (nSPS) is 18.0. The van der Waals surface area contributed by atoms with Gasteiger partial charge in [-0.15, -0.1) is 0 Å². The van der Waals surface area contributed by atoms with Crippen LogP contribution in [0.4, 0.5) is 5.69 Å². The summed E-state index contributed by atoms with van der Waals surface area (Å²) >= 11 is 6.92. The van der Waals surface area contributed by atoms with E-state index in [0.29, 0.717) is 5.92 Å². The van der Waals surface area contributed by atoms with Gasteiger partial charge < -0.3 is 5.73 Å². The summed E-state index contributed by atoms with van der Waals surface area (Å²) in [6.07, 6.45) is 4.92. The molecule has 2 N–H and O–H groups in total. The SMILES string of the molecule is NC(=Nc1cc(Br)ccc1Br)C1CCCC1. The van der Waals surface area contributed by atoms with Gasteiger partial charge in [0.15, 0.2) is 0 Å². The Hall–Kier alpha value is -0.350. The second-order valence-electron chi connectivity index (χ2n) is 4.11. The summed E-state index contributed by atoms with van der Waals surface area (Å²) in [6, 6.07) is 5.94. The minimum atomic E-state index is 0.478. The van der Waals surface area contributed by atoms with Crippen LogP contribution in [0.2, 0.25) is 0 Å². The molecule has 1 saturated carbocycles. The molecule has 0 spiro atoms. The lowest BCUT2D eigenvalue weighted by atomic mass is 10.1. The molecular weight excluding hydrogens is 332 g/mol. The van der Waals surface area contributed by atoms with E-state index < -0.39 is 0 Å². The molecular formula is C12H14Br2N2. The van der Waals surface area contributed by atoms with E-state index in [9.17, 15) is 0 Å². The largest absolute Gasteiger partial charge is 0.387 e. The summed E-state index contributed by atoms with van der Waals surface area (Å²) in [5.74, 6) is 1.25. The predicted molar refractivity (Wildman–Crippen MR) is 75.1 cm³/mol. The Bertz CT molecular complexity index is 409. The van der Waals surface area contributed by atoms with Crippen LogP contribution < -0.4 is 5.73 Å². The first kappa shape index (κ1) is 12.1. The van der Waals surface area contributed by atoms with Crippen LogP contribution in [-0.4, -0.2) is 5.84 Å². The molecule has 0 bridgehead atoms. The quantitative estimate of drug-likeness (QED) is 0.626. The highest BCUT2D eigenvalue weighted by Crippen LogP contribution is 2.31. The fourth-order valence-corrected chi connectivity index (χ4v) is 2.71. The number of benzene rings is 1. The number of hydrogen-bond donors (Lipinski definition) is 1. The first-order valence-corrected chi connectivity index (χ1v) is 7.04. The Kier molecular flexibility index (Phi) is 4.03. The molecule has 1 aromatic carbocycles. The molecule has 16 heavy (non-hydrogen) atoms. The number of amidine groups is 1. The van der Waals surface area contributed by atoms with E-state index in [2.05, 4.69) is 36.9 Å². The summed E-state index contributed by atoms with van der Waals surface area (Å²) in [6.45, 7) is 0. The first-order valence-electron chi connectivity index (χ1n) is 5.46. The van der Waals surface area contributed by atoms with Gasteiger partial charge in [0.1, 0.15) is 5.84 Å². The summed E-state index contributed by atoms with van der Waals surface area (Å²) in [5.41, 5.74) is 6.95. The van der Waals surface area contributed by atoms with E-state index >= 15 is 0 Å². The van der Waals surface area contributed by atoms with Gasteiger partial charge in [0.05, 0.1) is 5.69 Å². The minimum absolute atomic E-state index is 0.478. The number of hydrogen-bond acceptors (Lipinski definition) is 1. The molecule has 0 unspecified atom stereocenters. The smallest absolute Gasteiger partial charge is 0.103 e. The highest BCUT2D eigenvalue weighted by atomic mass is 79.9. The second kappa shape index (κ2) is 5.32. The Labute approximate surface area is 113 Å². The van der Waals surface area contributed by atoms with Gasteiger partial charge in [-0.2, -0.15) is 0 Å². The molecule has 1 aliphatic carbocycles. The molecule has 4 heteroatoms. The Balaban J connectivity index is 2.23. The Morgan fingerprint density at radius 1 is 1.25 bits per heavy atom. The van der Waals surface area contributed by atoms with E-state index in [4.69, 9.17) is 5.73 Å². The highest BCUT2D eigenvalue weighted by Gasteiger charge is 2.18. The summed E-state index contributed by atoms with van der Waals surface area (Å²) in [7, 11) is 0. The van der Waals surface area contributed by atoms with Crippen molar-refractivity contribution in [2.75, 3.05) is 0 Å². The van der Waals surface area contributed by atoms with E-state index in [1.165, 1.54) is 25.7 Å². The number of rotatable bonds is 2. The van der Waals surface area contributed by atoms with Crippen LogP contribution in [0.5, 0.6) is 0 Å². The van der Waals surface area contributed by atoms with Crippen molar-refractivity contribution in [1.29, 1.82) is 0 Å². The summed E-state index contributed by atoms with van der Waals surface area (Å²) in [4.78, 5) is 4.52. The van der Waals surface area contributed by atoms with E-state index in [1.54, 1.807) is 0 Å². The van der Waals surface area contributed by atoms with Crippen LogP contribution in [0.25, 0.3) is 0 Å². The van der Waals surface area contributed by atoms with Gasteiger partial charge in [0.2, 0.25) is 0 Å². The molecule has 0 atom stereocenters. The fraction of sp³-hybridized carbons (Fsp3) is 0.417. The van der Waals surface area contributed by atoms with Crippen molar-refractivity contribution >= 4 is 43.4 Å². The van der Waals surface area contributed by atoms with Gasteiger partial charge in [-0.25, -0.2) is 4.99 Å². The first-order chi connectivity index (χ1) is 7.66. The zero-order chi connectivity index (χ0) is 11.5. The molecule has 0 radical (unpaired) electrons. The van der Waals surface area contributed by atoms with Crippen LogP contribution in [0, 0.1) is 5.92 Å². The van der Waals surface area contributed by atoms with Gasteiger partial charge in [0, 0.05) is 14.9 Å². The molecule has 86 valence electrons. The average Bonchev–Trinajstić information content (AvgIpc) is 2.76. The maximum Gasteiger partial charge on any atom is 0.103 e. The van der Waals surface area contributed by atoms with Crippen LogP contribution in [0.3, 0.4) is 0 Å². The molecule has 0 aliphatic heterocycles. The lowest BCUT2D eigenvalue weighted by Crippen LogP contribution is -2.20. The third-order valence-corrected chi connectivity index (χ3v) is 4.10. The Morgan fingerprint density at radius 3 is 2.62 bits per heavy atom. The molecule has 0 saturated heterocycles. The number of nitrogens with two attached hydrogens (primary N) is 1. The lowest BCUT2D eigenvalue weighted by molar-refractivity contribution is 0.722. The predicted octanol–water partition coefficient (Wildman–Crippen LogP) is 4.39. The van der Waals surface area contributed by atoms with Crippen molar-refractivity contribution < 1.29 is 0 Å². The lowest BCUT2D eigenvalue weighted by Gasteiger charge is -2.08. The standard InChI is InChI=1S/C12H14Br2N2/c13-9-5-6-10(14)11(7-9)16-12(15)8-3-1-2-4-8/h5-8H,1-4H2,(H2,15,16). The minimum Gasteiger partial charge on any atom is -0.387 e. The number of aliphatic imine (C=N–C) groups is 1. The molecule has 2 rings (SSSR count). The molecule has 1 aromatic rings. The van der Waals surface area contributed by atoms with Crippen LogP contribution in [0.15, 0.2) is 32.1 Å². The maximum absolute atomic E-state index is 6.04. The summed E-state index contributed by atoms with van der Waals surface area (Å²) in [5, 5.41) is 0. The monoisotopic (exact) mass is 344 g/mol. The molecule has 2 nitrogen and oxygen atoms in total. The maximum atomic E-state index is 6.04. The third-order valence-electron chi connectivity index (χ3n) is 2.93. The van der Waals surface area contributed by atoms with Crippen LogP contribution in [-0.2, 0) is 0 Å². The van der Waals surface area contributed by atoms with Crippen LogP contribution in [0.1, 0.15) is 25.7 Å². The number of nitrogens with zero attached hydrogens (tertiary/aromatic N) is 1. The van der Waals surface area contributed by atoms with Crippen molar-refractivity contribution in [2.24, 2.45) is 16.6 Å². The van der Waals surface area contributed by atoms with Crippen molar-refractivity contribution in [3.8, 4) is 0 Å². The number of halogens is 2. The Morgan fingerprint density at radius 2 is 1.94 bits per heavy atom. The summed E-state index contributed by atoms with van der Waals surface area (Å²) < 4.78 is 2.00. The molecule has 0 amide bonds. The van der Waals surface area contributed by atoms with E-state index in [-0.39, 0.29) is 0 Å². The van der Waals surface area contributed by atoms with E-state index in [1.807, 2.05) is 18.2 Å². The van der Waals surface area contributed by atoms with Crippen molar-refractivity contribution in [2.45, 2.75) is 25.7 Å². The van der Waals surface area contributed by atoms with Gasteiger partial charge >= 0.3 is 0 Å². The van der Waals surface area contributed by atoms with Crippen LogP contribution >= 0.6 is 31.9 Å². The average molecular weight is 346 g/mol. The van der Waals surface area contributed by atoms with Gasteiger partial charge in [-0.05, 0) is 47.0 Å². The van der Waals surface area contributed by atoms with Gasteiger partial charge in [-0.1, -0.05) is 28.8 Å². The fourth-order valence-electron chi connectivity index (χ4n) is 2.02. The molecule has 1 fully saturated rings. The molecule has 0 aromatic heterocycles. The van der Waals surface area contributed by atoms with Gasteiger partial charge in [-0.3, -0.25) is 0 Å². The zero-order valence-electron chi connectivity index (χ0n) is 8.92. The second-order valence-corrected chi connectivity index (χ2v) is 5.88. The van der Waals surface area contributed by atoms with Crippen molar-refractivity contribution in [3.05, 3.63) is 27.1 Å². The van der Waals surface area contributed by atoms with Crippen molar-refractivity contribution in [1.82, 2.24) is 0 Å². The topological polar surface area (TPSA) is 38.4 Å². The van der Waals surface area contributed by atoms with Gasteiger partial charge in [0.25, 0.3) is 0 Å². The van der Waals surface area contributed by atoms with Crippen molar-refractivity contribution in [3.63, 3.8) is 0 Å². The highest BCUT2D eigenvalue weighted by molar-refractivity contribution is 9.11. The molecule has 1 aliphatic rings. The van der Waals surface area contributed by atoms with E-state index in [0.717, 1.165) is 20.5 Å². The molecule has 0 heterocycles. The third kappa shape index (κ3) is 2.86.